The van der Waals surface area contributed by atoms with Crippen molar-refractivity contribution >= 4 is 23.2 Å². The van der Waals surface area contributed by atoms with Crippen LogP contribution in [0.25, 0.3) is 0 Å². The van der Waals surface area contributed by atoms with E-state index in [1.165, 1.54) is 11.3 Å². The highest BCUT2D eigenvalue weighted by Gasteiger charge is 2.27. The minimum absolute atomic E-state index is 0.0206. The third-order valence-electron chi connectivity index (χ3n) is 3.23. The van der Waals surface area contributed by atoms with E-state index in [1.807, 2.05) is 5.38 Å². The fourth-order valence-corrected chi connectivity index (χ4v) is 2.84. The molecule has 1 aromatic heterocycles. The molecule has 0 spiro atoms. The third-order valence-corrected chi connectivity index (χ3v) is 3.91. The molecule has 104 valence electrons. The largest absolute Gasteiger partial charge is 0.481 e. The van der Waals surface area contributed by atoms with Gasteiger partial charge in [0.2, 0.25) is 0 Å². The molecule has 1 N–H and O–H groups in total. The van der Waals surface area contributed by atoms with Crippen molar-refractivity contribution < 1.29 is 19.4 Å². The zero-order chi connectivity index (χ0) is 13.7. The molecule has 1 fully saturated rings. The zero-order valence-corrected chi connectivity index (χ0v) is 11.4. The van der Waals surface area contributed by atoms with Gasteiger partial charge in [0.05, 0.1) is 12.0 Å². The normalized spacial score (nSPS) is 16.2. The van der Waals surface area contributed by atoms with E-state index in [1.54, 1.807) is 16.3 Å². The molecule has 0 saturated carbocycles. The monoisotopic (exact) mass is 283 g/mol. The Hall–Kier alpha value is -1.40. The van der Waals surface area contributed by atoms with Gasteiger partial charge in [-0.25, -0.2) is 0 Å². The van der Waals surface area contributed by atoms with E-state index in [4.69, 9.17) is 9.84 Å². The number of nitrogens with zero attached hydrogens (tertiary/aromatic N) is 1. The lowest BCUT2D eigenvalue weighted by Crippen LogP contribution is -2.44. The van der Waals surface area contributed by atoms with Gasteiger partial charge in [0.1, 0.15) is 0 Å². The molecule has 2 heterocycles. The van der Waals surface area contributed by atoms with Gasteiger partial charge in [-0.2, -0.15) is 11.3 Å². The molecule has 0 aliphatic carbocycles. The lowest BCUT2D eigenvalue weighted by molar-refractivity contribution is -0.137. The molecule has 1 aliphatic rings. The number of hydrogen-bond donors (Lipinski definition) is 1. The summed E-state index contributed by atoms with van der Waals surface area (Å²) in [7, 11) is 0. The van der Waals surface area contributed by atoms with Crippen LogP contribution in [-0.4, -0.2) is 47.7 Å². The molecule has 1 aromatic rings. The topological polar surface area (TPSA) is 66.8 Å². The summed E-state index contributed by atoms with van der Waals surface area (Å²) in [6.45, 7) is 1.52. The maximum Gasteiger partial charge on any atom is 0.305 e. The van der Waals surface area contributed by atoms with Gasteiger partial charge >= 0.3 is 5.97 Å². The second-order valence-corrected chi connectivity index (χ2v) is 5.28. The Morgan fingerprint density at radius 1 is 1.42 bits per heavy atom. The standard InChI is InChI=1S/C13H17NO4S/c15-12(16)1-5-14(11-2-6-18-7-3-11)13(17)10-4-8-19-9-10/h4,8-9,11H,1-3,5-7H2,(H,15,16). The number of ether oxygens (including phenoxy) is 1. The van der Waals surface area contributed by atoms with Crippen LogP contribution >= 0.6 is 11.3 Å². The Labute approximate surface area is 115 Å². The Morgan fingerprint density at radius 3 is 2.74 bits per heavy atom. The first-order valence-corrected chi connectivity index (χ1v) is 7.25. The van der Waals surface area contributed by atoms with E-state index < -0.39 is 5.97 Å². The number of carbonyl (C=O) groups excluding carboxylic acids is 1. The SMILES string of the molecule is O=C(O)CCN(C(=O)c1ccsc1)C1CCOCC1. The highest BCUT2D eigenvalue weighted by Crippen LogP contribution is 2.19. The number of hydrogen-bond acceptors (Lipinski definition) is 4. The number of amides is 1. The van der Waals surface area contributed by atoms with Crippen molar-refractivity contribution in [1.29, 1.82) is 0 Å². The van der Waals surface area contributed by atoms with Crippen LogP contribution in [0.15, 0.2) is 16.8 Å². The molecule has 1 amide bonds. The average Bonchev–Trinajstić information content (AvgIpc) is 2.93. The maximum absolute atomic E-state index is 12.4. The molecule has 1 aliphatic heterocycles. The minimum atomic E-state index is -0.879. The minimum Gasteiger partial charge on any atom is -0.481 e. The molecule has 6 heteroatoms. The molecule has 2 rings (SSSR count). The fraction of sp³-hybridized carbons (Fsp3) is 0.538. The first kappa shape index (κ1) is 14.0. The van der Waals surface area contributed by atoms with E-state index in [0.29, 0.717) is 18.8 Å². The van der Waals surface area contributed by atoms with Crippen LogP contribution in [0.2, 0.25) is 0 Å². The fourth-order valence-electron chi connectivity index (χ4n) is 2.21. The van der Waals surface area contributed by atoms with Gasteiger partial charge in [0.15, 0.2) is 0 Å². The van der Waals surface area contributed by atoms with Gasteiger partial charge < -0.3 is 14.7 Å². The molecule has 0 radical (unpaired) electrons. The third kappa shape index (κ3) is 3.78. The number of carbonyl (C=O) groups is 2. The van der Waals surface area contributed by atoms with E-state index in [9.17, 15) is 9.59 Å². The van der Waals surface area contributed by atoms with Crippen LogP contribution < -0.4 is 0 Å². The Bertz CT molecular complexity index is 426. The predicted molar refractivity (Wildman–Crippen MR) is 71.4 cm³/mol. The summed E-state index contributed by atoms with van der Waals surface area (Å²) < 4.78 is 5.29. The number of carboxylic acids is 1. The van der Waals surface area contributed by atoms with Gasteiger partial charge in [-0.15, -0.1) is 0 Å². The molecular formula is C13H17NO4S. The number of thiophene rings is 1. The second-order valence-electron chi connectivity index (χ2n) is 4.50. The summed E-state index contributed by atoms with van der Waals surface area (Å²) in [5.41, 5.74) is 0.641. The van der Waals surface area contributed by atoms with Crippen LogP contribution in [0.5, 0.6) is 0 Å². The van der Waals surface area contributed by atoms with Crippen molar-refractivity contribution in [3.8, 4) is 0 Å². The molecule has 19 heavy (non-hydrogen) atoms. The first-order valence-electron chi connectivity index (χ1n) is 6.31. The van der Waals surface area contributed by atoms with Crippen LogP contribution in [0.1, 0.15) is 29.6 Å². The number of aliphatic carboxylic acids is 1. The lowest BCUT2D eigenvalue weighted by atomic mass is 10.1. The van der Waals surface area contributed by atoms with E-state index in [0.717, 1.165) is 12.8 Å². The van der Waals surface area contributed by atoms with Crippen LogP contribution in [0.3, 0.4) is 0 Å². The Balaban J connectivity index is 2.08. The van der Waals surface area contributed by atoms with Crippen molar-refractivity contribution in [2.45, 2.75) is 25.3 Å². The lowest BCUT2D eigenvalue weighted by Gasteiger charge is -2.34. The smallest absolute Gasteiger partial charge is 0.305 e. The maximum atomic E-state index is 12.4. The highest BCUT2D eigenvalue weighted by atomic mass is 32.1. The summed E-state index contributed by atoms with van der Waals surface area (Å²) in [4.78, 5) is 24.8. The van der Waals surface area contributed by atoms with Gasteiger partial charge in [-0.05, 0) is 24.3 Å². The molecule has 0 bridgehead atoms. The van der Waals surface area contributed by atoms with Crippen LogP contribution in [0, 0.1) is 0 Å². The van der Waals surface area contributed by atoms with Crippen molar-refractivity contribution in [3.63, 3.8) is 0 Å². The second kappa shape index (κ2) is 6.68. The molecule has 0 unspecified atom stereocenters. The van der Waals surface area contributed by atoms with Crippen molar-refractivity contribution in [2.24, 2.45) is 0 Å². The van der Waals surface area contributed by atoms with Gasteiger partial charge in [-0.1, -0.05) is 0 Å². The van der Waals surface area contributed by atoms with E-state index in [-0.39, 0.29) is 24.9 Å². The van der Waals surface area contributed by atoms with Crippen LogP contribution in [-0.2, 0) is 9.53 Å². The number of rotatable bonds is 5. The summed E-state index contributed by atoms with van der Waals surface area (Å²) in [5.74, 6) is -0.954. The van der Waals surface area contributed by atoms with Gasteiger partial charge in [-0.3, -0.25) is 9.59 Å². The van der Waals surface area contributed by atoms with Crippen molar-refractivity contribution in [3.05, 3.63) is 22.4 Å². The number of carboxylic acid groups (broad SMARTS) is 1. The summed E-state index contributed by atoms with van der Waals surface area (Å²) in [5, 5.41) is 12.5. The highest BCUT2D eigenvalue weighted by molar-refractivity contribution is 7.08. The first-order chi connectivity index (χ1) is 9.18. The summed E-state index contributed by atoms with van der Waals surface area (Å²) in [6.07, 6.45) is 1.53. The Morgan fingerprint density at radius 2 is 2.16 bits per heavy atom. The molecule has 5 nitrogen and oxygen atoms in total. The van der Waals surface area contributed by atoms with Gasteiger partial charge in [0, 0.05) is 31.2 Å². The molecule has 1 saturated heterocycles. The molecule has 0 aromatic carbocycles. The molecule has 0 atom stereocenters. The van der Waals surface area contributed by atoms with Gasteiger partial charge in [0.25, 0.3) is 5.91 Å². The van der Waals surface area contributed by atoms with Crippen molar-refractivity contribution in [1.82, 2.24) is 4.90 Å². The average molecular weight is 283 g/mol. The summed E-state index contributed by atoms with van der Waals surface area (Å²) in [6, 6.07) is 1.86. The van der Waals surface area contributed by atoms with Crippen LogP contribution in [0.4, 0.5) is 0 Å². The predicted octanol–water partition coefficient (Wildman–Crippen LogP) is 1.84. The quantitative estimate of drug-likeness (QED) is 0.895. The van der Waals surface area contributed by atoms with Crippen molar-refractivity contribution in [2.75, 3.05) is 19.8 Å². The summed E-state index contributed by atoms with van der Waals surface area (Å²) >= 11 is 1.47. The van der Waals surface area contributed by atoms with E-state index >= 15 is 0 Å². The van der Waals surface area contributed by atoms with E-state index in [2.05, 4.69) is 0 Å². The molecular weight excluding hydrogens is 266 g/mol. The Kier molecular flexibility index (Phi) is 4.93. The zero-order valence-electron chi connectivity index (χ0n) is 10.6.